The van der Waals surface area contributed by atoms with Crippen LogP contribution in [-0.2, 0) is 15.3 Å². The summed E-state index contributed by atoms with van der Waals surface area (Å²) in [4.78, 5) is 0.332. The monoisotopic (exact) mass is 316 g/mol. The molecule has 0 aliphatic carbocycles. The molecule has 0 heterocycles. The topological polar surface area (TPSA) is 26.3 Å². The van der Waals surface area contributed by atoms with E-state index in [1.807, 2.05) is 6.92 Å². The molecule has 1 atom stereocenters. The number of alkyl halides is 5. The van der Waals surface area contributed by atoms with Gasteiger partial charge in [0, 0.05) is 6.42 Å². The fraction of sp³-hybridized carbons (Fsp3) is 0.500. The lowest BCUT2D eigenvalue weighted by atomic mass is 10.2. The van der Waals surface area contributed by atoms with E-state index in [-0.39, 0.29) is 0 Å². The highest BCUT2D eigenvalue weighted by atomic mass is 32.2. The normalized spacial score (nSPS) is 14.3. The number of rotatable bonds is 6. The SMILES string of the molecule is Cc1ccc(S(=O)OCCCC(F)(F)C(F)(F)F)cc1. The van der Waals surface area contributed by atoms with E-state index >= 15 is 0 Å². The summed E-state index contributed by atoms with van der Waals surface area (Å²) in [6.45, 7) is 1.39. The summed E-state index contributed by atoms with van der Waals surface area (Å²) in [5, 5.41) is 0. The van der Waals surface area contributed by atoms with Gasteiger partial charge in [-0.15, -0.1) is 0 Å². The summed E-state index contributed by atoms with van der Waals surface area (Å²) in [5.41, 5.74) is 0.940. The Balaban J connectivity index is 2.38. The van der Waals surface area contributed by atoms with Crippen molar-refractivity contribution in [1.29, 1.82) is 0 Å². The van der Waals surface area contributed by atoms with Crippen molar-refractivity contribution in [3.8, 4) is 0 Å². The second-order valence-corrected chi connectivity index (χ2v) is 5.35. The zero-order valence-electron chi connectivity index (χ0n) is 10.5. The maximum Gasteiger partial charge on any atom is 0.453 e. The molecule has 8 heteroatoms. The lowest BCUT2D eigenvalue weighted by Gasteiger charge is -2.18. The van der Waals surface area contributed by atoms with Crippen molar-refractivity contribution in [2.24, 2.45) is 0 Å². The summed E-state index contributed by atoms with van der Waals surface area (Å²) in [7, 11) is 0. The molecule has 0 amide bonds. The molecule has 114 valence electrons. The zero-order valence-corrected chi connectivity index (χ0v) is 11.4. The molecule has 0 saturated heterocycles. The molecule has 0 saturated carbocycles. The molecule has 0 spiro atoms. The first-order valence-corrected chi connectivity index (χ1v) is 6.77. The van der Waals surface area contributed by atoms with Gasteiger partial charge in [-0.25, -0.2) is 4.21 Å². The minimum absolute atomic E-state index is 0.332. The van der Waals surface area contributed by atoms with E-state index in [1.54, 1.807) is 12.1 Å². The van der Waals surface area contributed by atoms with E-state index in [9.17, 15) is 26.2 Å². The maximum absolute atomic E-state index is 12.6. The fourth-order valence-corrected chi connectivity index (χ4v) is 2.05. The van der Waals surface area contributed by atoms with E-state index in [4.69, 9.17) is 4.18 Å². The van der Waals surface area contributed by atoms with Gasteiger partial charge in [-0.05, 0) is 25.5 Å². The van der Waals surface area contributed by atoms with Crippen LogP contribution in [0.2, 0.25) is 0 Å². The van der Waals surface area contributed by atoms with E-state index in [0.717, 1.165) is 5.56 Å². The van der Waals surface area contributed by atoms with Crippen LogP contribution < -0.4 is 0 Å². The molecule has 0 fully saturated rings. The Bertz CT molecular complexity index is 456. The Labute approximate surface area is 115 Å². The fourth-order valence-electron chi connectivity index (χ4n) is 1.29. The van der Waals surface area contributed by atoms with Gasteiger partial charge in [0.1, 0.15) is 0 Å². The minimum Gasteiger partial charge on any atom is -0.287 e. The standard InChI is InChI=1S/C12H13F5O2S/c1-9-3-5-10(6-4-9)20(18)19-8-2-7-11(13,14)12(15,16)17/h3-6H,2,7-8H2,1H3. The molecule has 0 aliphatic heterocycles. The third kappa shape index (κ3) is 4.82. The van der Waals surface area contributed by atoms with E-state index in [1.165, 1.54) is 12.1 Å². The third-order valence-electron chi connectivity index (χ3n) is 2.45. The predicted molar refractivity (Wildman–Crippen MR) is 63.8 cm³/mol. The highest BCUT2D eigenvalue weighted by molar-refractivity contribution is 7.80. The van der Waals surface area contributed by atoms with Gasteiger partial charge in [0.2, 0.25) is 0 Å². The Kier molecular flexibility index (Phi) is 5.64. The Morgan fingerprint density at radius 3 is 2.15 bits per heavy atom. The van der Waals surface area contributed by atoms with Gasteiger partial charge in [-0.2, -0.15) is 22.0 Å². The van der Waals surface area contributed by atoms with E-state index in [2.05, 4.69) is 0 Å². The lowest BCUT2D eigenvalue weighted by Crippen LogP contribution is -2.36. The van der Waals surface area contributed by atoms with Crippen molar-refractivity contribution < 1.29 is 30.3 Å². The molecule has 0 aromatic heterocycles. The van der Waals surface area contributed by atoms with Crippen LogP contribution in [0.5, 0.6) is 0 Å². The largest absolute Gasteiger partial charge is 0.453 e. The maximum atomic E-state index is 12.6. The molecule has 1 aromatic carbocycles. The second-order valence-electron chi connectivity index (χ2n) is 4.18. The van der Waals surface area contributed by atoms with Gasteiger partial charge in [0.25, 0.3) is 0 Å². The van der Waals surface area contributed by atoms with E-state index < -0.39 is 42.6 Å². The van der Waals surface area contributed by atoms with Gasteiger partial charge >= 0.3 is 12.1 Å². The highest BCUT2D eigenvalue weighted by Gasteiger charge is 2.56. The lowest BCUT2D eigenvalue weighted by molar-refractivity contribution is -0.284. The van der Waals surface area contributed by atoms with Gasteiger partial charge in [0.15, 0.2) is 11.1 Å². The Hall–Kier alpha value is -1.02. The molecular formula is C12H13F5O2S. The molecule has 0 N–H and O–H groups in total. The first-order valence-electron chi connectivity index (χ1n) is 5.70. The quantitative estimate of drug-likeness (QED) is 0.585. The molecule has 0 radical (unpaired) electrons. The van der Waals surface area contributed by atoms with E-state index in [0.29, 0.717) is 4.90 Å². The number of halogens is 5. The van der Waals surface area contributed by atoms with Crippen molar-refractivity contribution in [1.82, 2.24) is 0 Å². The molecule has 0 aliphatic rings. The third-order valence-corrected chi connectivity index (χ3v) is 3.49. The highest BCUT2D eigenvalue weighted by Crippen LogP contribution is 2.38. The number of hydrogen-bond acceptors (Lipinski definition) is 2. The van der Waals surface area contributed by atoms with Crippen LogP contribution >= 0.6 is 0 Å². The van der Waals surface area contributed by atoms with Crippen molar-refractivity contribution >= 4 is 11.1 Å². The van der Waals surface area contributed by atoms with Crippen molar-refractivity contribution in [2.45, 2.75) is 36.8 Å². The molecule has 1 aromatic rings. The molecule has 20 heavy (non-hydrogen) atoms. The first kappa shape index (κ1) is 17.0. The Morgan fingerprint density at radius 2 is 1.65 bits per heavy atom. The first-order chi connectivity index (χ1) is 9.13. The molecule has 1 unspecified atom stereocenters. The van der Waals surface area contributed by atoms with Crippen LogP contribution in [0.15, 0.2) is 29.2 Å². The average molecular weight is 316 g/mol. The summed E-state index contributed by atoms with van der Waals surface area (Å²) in [5.74, 6) is -4.75. The van der Waals surface area contributed by atoms with Crippen LogP contribution in [0.25, 0.3) is 0 Å². The molecule has 0 bridgehead atoms. The van der Waals surface area contributed by atoms with Crippen molar-refractivity contribution in [3.63, 3.8) is 0 Å². The van der Waals surface area contributed by atoms with Crippen LogP contribution in [0.1, 0.15) is 18.4 Å². The van der Waals surface area contributed by atoms with Crippen LogP contribution in [-0.4, -0.2) is 22.9 Å². The zero-order chi connectivity index (χ0) is 15.4. The minimum atomic E-state index is -5.57. The number of aryl methyl sites for hydroxylation is 1. The second kappa shape index (κ2) is 6.62. The average Bonchev–Trinajstić information content (AvgIpc) is 2.34. The van der Waals surface area contributed by atoms with Crippen molar-refractivity contribution in [2.75, 3.05) is 6.61 Å². The van der Waals surface area contributed by atoms with Crippen LogP contribution in [0.3, 0.4) is 0 Å². The smallest absolute Gasteiger partial charge is 0.287 e. The van der Waals surface area contributed by atoms with Gasteiger partial charge in [0.05, 0.1) is 11.5 Å². The van der Waals surface area contributed by atoms with Gasteiger partial charge in [-0.1, -0.05) is 17.7 Å². The molecule has 2 nitrogen and oxygen atoms in total. The summed E-state index contributed by atoms with van der Waals surface area (Å²) < 4.78 is 77.0. The summed E-state index contributed by atoms with van der Waals surface area (Å²) >= 11 is -1.87. The predicted octanol–water partition coefficient (Wildman–Crippen LogP) is 4.01. The summed E-state index contributed by atoms with van der Waals surface area (Å²) in [6.07, 6.45) is -7.49. The Morgan fingerprint density at radius 1 is 1.10 bits per heavy atom. The number of hydrogen-bond donors (Lipinski definition) is 0. The van der Waals surface area contributed by atoms with Gasteiger partial charge < -0.3 is 0 Å². The summed E-state index contributed by atoms with van der Waals surface area (Å²) in [6, 6.07) is 6.45. The van der Waals surface area contributed by atoms with Gasteiger partial charge in [-0.3, -0.25) is 4.18 Å². The van der Waals surface area contributed by atoms with Crippen LogP contribution in [0.4, 0.5) is 22.0 Å². The molecule has 1 rings (SSSR count). The van der Waals surface area contributed by atoms with Crippen LogP contribution in [0, 0.1) is 6.92 Å². The number of benzene rings is 1. The van der Waals surface area contributed by atoms with Crippen molar-refractivity contribution in [3.05, 3.63) is 29.8 Å². The molecular weight excluding hydrogens is 303 g/mol.